The van der Waals surface area contributed by atoms with E-state index in [2.05, 4.69) is 40.4 Å². The first-order valence-corrected chi connectivity index (χ1v) is 7.89. The molecule has 0 aliphatic rings. The molecule has 2 aromatic carbocycles. The highest BCUT2D eigenvalue weighted by atomic mass is 15.2. The van der Waals surface area contributed by atoms with Crippen LogP contribution in [0.4, 0.5) is 23.3 Å². The highest BCUT2D eigenvalue weighted by molar-refractivity contribution is 5.66. The van der Waals surface area contributed by atoms with Crippen molar-refractivity contribution in [2.24, 2.45) is 20.5 Å². The summed E-state index contributed by atoms with van der Waals surface area (Å²) < 4.78 is 0. The van der Waals surface area contributed by atoms with Crippen molar-refractivity contribution in [3.63, 3.8) is 0 Å². The molecule has 126 valence electrons. The van der Waals surface area contributed by atoms with Gasteiger partial charge in [0, 0.05) is 24.8 Å². The number of aromatic nitrogens is 4. The molecule has 8 nitrogen and oxygen atoms in total. The van der Waals surface area contributed by atoms with E-state index in [4.69, 9.17) is 0 Å². The third-order valence-electron chi connectivity index (χ3n) is 3.56. The van der Waals surface area contributed by atoms with Crippen LogP contribution in [0.5, 0.6) is 0 Å². The Balaban J connectivity index is 1.45. The lowest BCUT2D eigenvalue weighted by Gasteiger charge is -2.02. The Kier molecular flexibility index (Phi) is 4.38. The fourth-order valence-electron chi connectivity index (χ4n) is 2.27. The summed E-state index contributed by atoms with van der Waals surface area (Å²) in [5.74, 6) is 0.960. The maximum atomic E-state index is 4.14. The van der Waals surface area contributed by atoms with Gasteiger partial charge in [-0.1, -0.05) is 24.3 Å². The van der Waals surface area contributed by atoms with Crippen molar-refractivity contribution in [2.75, 3.05) is 0 Å². The molecule has 0 aliphatic heterocycles. The van der Waals surface area contributed by atoms with Gasteiger partial charge < -0.3 is 9.97 Å². The predicted octanol–water partition coefficient (Wildman–Crippen LogP) is 5.63. The first-order chi connectivity index (χ1) is 12.9. The zero-order chi connectivity index (χ0) is 17.6. The summed E-state index contributed by atoms with van der Waals surface area (Å²) >= 11 is 0. The second-order valence-electron chi connectivity index (χ2n) is 5.32. The fourth-order valence-corrected chi connectivity index (χ4v) is 2.27. The molecular formula is C18H14N8. The van der Waals surface area contributed by atoms with Gasteiger partial charge in [-0.2, -0.15) is 0 Å². The van der Waals surface area contributed by atoms with Gasteiger partial charge in [0.1, 0.15) is 0 Å². The van der Waals surface area contributed by atoms with Crippen LogP contribution in [0.15, 0.2) is 93.8 Å². The molecule has 4 aromatic rings. The summed E-state index contributed by atoms with van der Waals surface area (Å²) in [6.07, 6.45) is 6.68. The van der Waals surface area contributed by atoms with Crippen LogP contribution in [-0.2, 0) is 0 Å². The molecule has 26 heavy (non-hydrogen) atoms. The standard InChI is InChI=1S/C18H14N8/c1-5-15(23-25-17-19-9-10-20-17)6-2-13(1)14-3-7-16(8-4-14)24-26-18-21-11-12-22-18/h1-12H,(H,19,20)(H,21,22). The minimum absolute atomic E-state index is 0.480. The number of hydrogen-bond donors (Lipinski definition) is 2. The minimum atomic E-state index is 0.480. The third kappa shape index (κ3) is 3.75. The number of nitrogens with one attached hydrogen (secondary N) is 2. The molecule has 0 radical (unpaired) electrons. The number of hydrogen-bond acceptors (Lipinski definition) is 6. The predicted molar refractivity (Wildman–Crippen MR) is 97.4 cm³/mol. The zero-order valence-corrected chi connectivity index (χ0v) is 13.6. The monoisotopic (exact) mass is 342 g/mol. The number of benzene rings is 2. The van der Waals surface area contributed by atoms with Gasteiger partial charge in [-0.25, -0.2) is 9.97 Å². The molecule has 2 heterocycles. The number of nitrogens with zero attached hydrogens (tertiary/aromatic N) is 6. The van der Waals surface area contributed by atoms with Crippen molar-refractivity contribution >= 4 is 23.3 Å². The van der Waals surface area contributed by atoms with Crippen LogP contribution in [-0.4, -0.2) is 19.9 Å². The van der Waals surface area contributed by atoms with E-state index in [0.717, 1.165) is 22.5 Å². The molecule has 0 spiro atoms. The summed E-state index contributed by atoms with van der Waals surface area (Å²) in [6, 6.07) is 15.6. The number of rotatable bonds is 5. The van der Waals surface area contributed by atoms with Crippen molar-refractivity contribution in [3.05, 3.63) is 73.3 Å². The molecule has 2 aromatic heterocycles. The summed E-state index contributed by atoms with van der Waals surface area (Å²) in [5, 5.41) is 16.3. The first-order valence-electron chi connectivity index (χ1n) is 7.89. The van der Waals surface area contributed by atoms with Gasteiger partial charge in [0.05, 0.1) is 11.4 Å². The Bertz CT molecular complexity index is 913. The van der Waals surface area contributed by atoms with E-state index >= 15 is 0 Å². The Labute approximate surface area is 148 Å². The molecule has 0 bridgehead atoms. The van der Waals surface area contributed by atoms with Crippen LogP contribution in [0.25, 0.3) is 11.1 Å². The smallest absolute Gasteiger partial charge is 0.246 e. The van der Waals surface area contributed by atoms with Crippen molar-refractivity contribution in [2.45, 2.75) is 0 Å². The van der Waals surface area contributed by atoms with Crippen LogP contribution in [0, 0.1) is 0 Å². The molecule has 2 N–H and O–H groups in total. The fraction of sp³-hybridized carbons (Fsp3) is 0. The van der Waals surface area contributed by atoms with Crippen LogP contribution >= 0.6 is 0 Å². The molecule has 0 saturated heterocycles. The van der Waals surface area contributed by atoms with E-state index in [9.17, 15) is 0 Å². The Morgan fingerprint density at radius 2 is 0.962 bits per heavy atom. The van der Waals surface area contributed by atoms with Gasteiger partial charge in [-0.15, -0.1) is 20.5 Å². The molecule has 0 fully saturated rings. The van der Waals surface area contributed by atoms with E-state index < -0.39 is 0 Å². The Morgan fingerprint density at radius 1 is 0.538 bits per heavy atom. The van der Waals surface area contributed by atoms with E-state index in [1.807, 2.05) is 48.5 Å². The van der Waals surface area contributed by atoms with Gasteiger partial charge in [-0.3, -0.25) is 0 Å². The minimum Gasteiger partial charge on any atom is -0.328 e. The van der Waals surface area contributed by atoms with Crippen molar-refractivity contribution in [1.29, 1.82) is 0 Å². The van der Waals surface area contributed by atoms with E-state index in [0.29, 0.717) is 11.9 Å². The van der Waals surface area contributed by atoms with Crippen molar-refractivity contribution < 1.29 is 0 Å². The molecule has 0 unspecified atom stereocenters. The zero-order valence-electron chi connectivity index (χ0n) is 13.6. The highest BCUT2D eigenvalue weighted by Crippen LogP contribution is 2.26. The van der Waals surface area contributed by atoms with E-state index in [1.165, 1.54) is 0 Å². The number of imidazole rings is 2. The molecule has 8 heteroatoms. The van der Waals surface area contributed by atoms with E-state index in [-0.39, 0.29) is 0 Å². The van der Waals surface area contributed by atoms with Crippen LogP contribution in [0.3, 0.4) is 0 Å². The lowest BCUT2D eigenvalue weighted by atomic mass is 10.1. The topological polar surface area (TPSA) is 107 Å². The maximum absolute atomic E-state index is 4.14. The summed E-state index contributed by atoms with van der Waals surface area (Å²) in [6.45, 7) is 0. The largest absolute Gasteiger partial charge is 0.328 e. The van der Waals surface area contributed by atoms with Gasteiger partial charge in [0.15, 0.2) is 0 Å². The Morgan fingerprint density at radius 3 is 1.31 bits per heavy atom. The van der Waals surface area contributed by atoms with Crippen LogP contribution < -0.4 is 0 Å². The molecule has 0 saturated carbocycles. The highest BCUT2D eigenvalue weighted by Gasteiger charge is 1.99. The quantitative estimate of drug-likeness (QED) is 0.458. The van der Waals surface area contributed by atoms with Gasteiger partial charge in [-0.05, 0) is 35.4 Å². The number of aromatic amines is 2. The summed E-state index contributed by atoms with van der Waals surface area (Å²) in [7, 11) is 0. The van der Waals surface area contributed by atoms with Gasteiger partial charge in [0.2, 0.25) is 11.9 Å². The normalized spacial score (nSPS) is 11.5. The van der Waals surface area contributed by atoms with Crippen molar-refractivity contribution in [3.8, 4) is 11.1 Å². The molecule has 0 amide bonds. The average Bonchev–Trinajstić information content (AvgIpc) is 3.40. The number of azo groups is 2. The lowest BCUT2D eigenvalue weighted by molar-refractivity contribution is 1.12. The Hall–Kier alpha value is -3.94. The average molecular weight is 342 g/mol. The first kappa shape index (κ1) is 15.6. The van der Waals surface area contributed by atoms with Gasteiger partial charge >= 0.3 is 0 Å². The van der Waals surface area contributed by atoms with E-state index in [1.54, 1.807) is 24.8 Å². The SMILES string of the molecule is c1c[nH]c(N=Nc2ccc(-c3ccc(N=Nc4ncc[nH]4)cc3)cc2)n1. The number of H-pyrrole nitrogens is 2. The molecule has 4 rings (SSSR count). The second kappa shape index (κ2) is 7.31. The molecular weight excluding hydrogens is 328 g/mol. The summed E-state index contributed by atoms with van der Waals surface area (Å²) in [5.41, 5.74) is 3.68. The second-order valence-corrected chi connectivity index (χ2v) is 5.32. The van der Waals surface area contributed by atoms with Crippen LogP contribution in [0.1, 0.15) is 0 Å². The molecule has 0 atom stereocenters. The van der Waals surface area contributed by atoms with Crippen LogP contribution in [0.2, 0.25) is 0 Å². The van der Waals surface area contributed by atoms with Gasteiger partial charge in [0.25, 0.3) is 0 Å². The summed E-state index contributed by atoms with van der Waals surface area (Å²) in [4.78, 5) is 13.7. The molecule has 0 aliphatic carbocycles. The maximum Gasteiger partial charge on any atom is 0.246 e. The van der Waals surface area contributed by atoms with Crippen molar-refractivity contribution in [1.82, 2.24) is 19.9 Å². The lowest BCUT2D eigenvalue weighted by Crippen LogP contribution is -1.76. The third-order valence-corrected chi connectivity index (χ3v) is 3.56.